The molecular formula is C13H23N3OS. The van der Waals surface area contributed by atoms with Gasteiger partial charge in [0.15, 0.2) is 0 Å². The molecule has 0 amide bonds. The monoisotopic (exact) mass is 269 g/mol. The molecule has 1 N–H and O–H groups in total. The number of nitrogens with zero attached hydrogens (tertiary/aromatic N) is 2. The van der Waals surface area contributed by atoms with Gasteiger partial charge in [-0.1, -0.05) is 6.92 Å². The molecule has 2 atom stereocenters. The van der Waals surface area contributed by atoms with Crippen molar-refractivity contribution < 1.29 is 4.74 Å². The molecule has 1 saturated heterocycles. The van der Waals surface area contributed by atoms with E-state index in [4.69, 9.17) is 4.74 Å². The highest BCUT2D eigenvalue weighted by molar-refractivity contribution is 7.99. The lowest BCUT2D eigenvalue weighted by molar-refractivity contribution is 0.110. The lowest BCUT2D eigenvalue weighted by Gasteiger charge is -2.14. The van der Waals surface area contributed by atoms with Gasteiger partial charge in [-0.15, -0.1) is 11.8 Å². The van der Waals surface area contributed by atoms with Crippen molar-refractivity contribution in [1.29, 1.82) is 0 Å². The van der Waals surface area contributed by atoms with Gasteiger partial charge in [-0.25, -0.2) is 0 Å². The largest absolute Gasteiger partial charge is 0.377 e. The molecule has 1 aromatic rings. The van der Waals surface area contributed by atoms with E-state index in [0.717, 1.165) is 25.4 Å². The Kier molecular flexibility index (Phi) is 5.09. The van der Waals surface area contributed by atoms with Gasteiger partial charge in [0.1, 0.15) is 0 Å². The summed E-state index contributed by atoms with van der Waals surface area (Å²) in [5.74, 6) is 0. The Hall–Kier alpha value is -0.520. The molecule has 2 rings (SSSR count). The van der Waals surface area contributed by atoms with E-state index in [9.17, 15) is 0 Å². The van der Waals surface area contributed by atoms with Crippen LogP contribution in [0.5, 0.6) is 0 Å². The lowest BCUT2D eigenvalue weighted by Crippen LogP contribution is -2.30. The van der Waals surface area contributed by atoms with Gasteiger partial charge in [-0.05, 0) is 25.8 Å². The zero-order chi connectivity index (χ0) is 13.0. The molecule has 0 saturated carbocycles. The molecule has 4 nitrogen and oxygen atoms in total. The summed E-state index contributed by atoms with van der Waals surface area (Å²) in [6.45, 7) is 7.20. The summed E-state index contributed by atoms with van der Waals surface area (Å²) in [4.78, 5) is 0. The van der Waals surface area contributed by atoms with Gasteiger partial charge in [0.05, 0.1) is 16.8 Å². The summed E-state index contributed by atoms with van der Waals surface area (Å²) in [5, 5.41) is 9.64. The SMILES string of the molecule is Cc1cc(SC(C)CNCC2CCCO2)n(C)n1. The summed E-state index contributed by atoms with van der Waals surface area (Å²) in [6.07, 6.45) is 2.85. The van der Waals surface area contributed by atoms with Gasteiger partial charge in [0, 0.05) is 32.0 Å². The number of hydrogen-bond acceptors (Lipinski definition) is 4. The Labute approximate surface area is 113 Å². The number of thioether (sulfide) groups is 1. The molecule has 1 fully saturated rings. The maximum Gasteiger partial charge on any atom is 0.0942 e. The maximum absolute atomic E-state index is 5.59. The second-order valence-electron chi connectivity index (χ2n) is 4.97. The Morgan fingerprint density at radius 2 is 2.50 bits per heavy atom. The zero-order valence-electron chi connectivity index (χ0n) is 11.5. The Bertz CT molecular complexity index is 374. The Balaban J connectivity index is 1.68. The molecular weight excluding hydrogens is 246 g/mol. The van der Waals surface area contributed by atoms with Crippen LogP contribution in [0.3, 0.4) is 0 Å². The van der Waals surface area contributed by atoms with Crippen molar-refractivity contribution in [2.75, 3.05) is 19.7 Å². The number of aromatic nitrogens is 2. The predicted molar refractivity (Wildman–Crippen MR) is 75.1 cm³/mol. The minimum atomic E-state index is 0.432. The van der Waals surface area contributed by atoms with Crippen LogP contribution in [0.2, 0.25) is 0 Å². The van der Waals surface area contributed by atoms with Crippen molar-refractivity contribution in [3.05, 3.63) is 11.8 Å². The first kappa shape index (κ1) is 13.9. The summed E-state index contributed by atoms with van der Waals surface area (Å²) < 4.78 is 7.55. The number of rotatable bonds is 6. The number of ether oxygens (including phenoxy) is 1. The summed E-state index contributed by atoms with van der Waals surface area (Å²) in [7, 11) is 2.00. The van der Waals surface area contributed by atoms with E-state index in [0.29, 0.717) is 11.4 Å². The maximum atomic E-state index is 5.59. The van der Waals surface area contributed by atoms with E-state index >= 15 is 0 Å². The lowest BCUT2D eigenvalue weighted by atomic mass is 10.2. The third-order valence-corrected chi connectivity index (χ3v) is 4.30. The van der Waals surface area contributed by atoms with Crippen molar-refractivity contribution in [3.8, 4) is 0 Å². The highest BCUT2D eigenvalue weighted by Crippen LogP contribution is 2.23. The second-order valence-corrected chi connectivity index (χ2v) is 6.43. The van der Waals surface area contributed by atoms with Crippen molar-refractivity contribution in [2.45, 2.75) is 43.1 Å². The van der Waals surface area contributed by atoms with Gasteiger partial charge in [0.25, 0.3) is 0 Å². The number of aryl methyl sites for hydroxylation is 2. The smallest absolute Gasteiger partial charge is 0.0942 e. The fraction of sp³-hybridized carbons (Fsp3) is 0.769. The van der Waals surface area contributed by atoms with Gasteiger partial charge in [-0.3, -0.25) is 4.68 Å². The van der Waals surface area contributed by atoms with Crippen LogP contribution in [0, 0.1) is 6.92 Å². The van der Waals surface area contributed by atoms with Gasteiger partial charge < -0.3 is 10.1 Å². The van der Waals surface area contributed by atoms with Crippen LogP contribution in [-0.4, -0.2) is 40.8 Å². The summed E-state index contributed by atoms with van der Waals surface area (Å²) >= 11 is 1.87. The number of hydrogen-bond donors (Lipinski definition) is 1. The highest BCUT2D eigenvalue weighted by Gasteiger charge is 2.15. The fourth-order valence-corrected chi connectivity index (χ4v) is 3.24. The van der Waals surface area contributed by atoms with Crippen LogP contribution in [-0.2, 0) is 11.8 Å². The van der Waals surface area contributed by atoms with E-state index in [-0.39, 0.29) is 0 Å². The third kappa shape index (κ3) is 4.00. The average molecular weight is 269 g/mol. The molecule has 2 unspecified atom stereocenters. The molecule has 0 spiro atoms. The average Bonchev–Trinajstić information content (AvgIpc) is 2.90. The predicted octanol–water partition coefficient (Wildman–Crippen LogP) is 1.98. The molecule has 2 heterocycles. The fourth-order valence-electron chi connectivity index (χ4n) is 2.20. The van der Waals surface area contributed by atoms with Crippen molar-refractivity contribution in [1.82, 2.24) is 15.1 Å². The molecule has 5 heteroatoms. The van der Waals surface area contributed by atoms with Crippen LogP contribution >= 0.6 is 11.8 Å². The minimum Gasteiger partial charge on any atom is -0.377 e. The molecule has 0 aliphatic carbocycles. The molecule has 102 valence electrons. The minimum absolute atomic E-state index is 0.432. The van der Waals surface area contributed by atoms with Gasteiger partial charge in [0.2, 0.25) is 0 Å². The zero-order valence-corrected chi connectivity index (χ0v) is 12.3. The highest BCUT2D eigenvalue weighted by atomic mass is 32.2. The van der Waals surface area contributed by atoms with Crippen molar-refractivity contribution in [2.24, 2.45) is 7.05 Å². The topological polar surface area (TPSA) is 39.1 Å². The molecule has 0 bridgehead atoms. The van der Waals surface area contributed by atoms with Crippen molar-refractivity contribution in [3.63, 3.8) is 0 Å². The first-order chi connectivity index (χ1) is 8.65. The van der Waals surface area contributed by atoms with Crippen LogP contribution in [0.15, 0.2) is 11.1 Å². The van der Waals surface area contributed by atoms with Crippen LogP contribution < -0.4 is 5.32 Å². The first-order valence-corrected chi connectivity index (χ1v) is 7.52. The van der Waals surface area contributed by atoms with Crippen LogP contribution in [0.25, 0.3) is 0 Å². The third-order valence-electron chi connectivity index (χ3n) is 3.11. The van der Waals surface area contributed by atoms with Gasteiger partial charge >= 0.3 is 0 Å². The Morgan fingerprint density at radius 3 is 3.11 bits per heavy atom. The van der Waals surface area contributed by atoms with Crippen molar-refractivity contribution >= 4 is 11.8 Å². The quantitative estimate of drug-likeness (QED) is 0.802. The Morgan fingerprint density at radius 1 is 1.67 bits per heavy atom. The van der Waals surface area contributed by atoms with E-state index < -0.39 is 0 Å². The second kappa shape index (κ2) is 6.59. The van der Waals surface area contributed by atoms with E-state index in [1.54, 1.807) is 0 Å². The number of nitrogens with one attached hydrogen (secondary N) is 1. The molecule has 1 aromatic heterocycles. The summed E-state index contributed by atoms with van der Waals surface area (Å²) in [5.41, 5.74) is 1.08. The molecule has 1 aliphatic rings. The molecule has 0 radical (unpaired) electrons. The van der Waals surface area contributed by atoms with E-state index in [2.05, 4.69) is 23.4 Å². The molecule has 18 heavy (non-hydrogen) atoms. The standard InChI is InChI=1S/C13H23N3OS/c1-10-7-13(16(3)15-10)18-11(2)8-14-9-12-5-4-6-17-12/h7,11-12,14H,4-6,8-9H2,1-3H3. The normalized spacial score (nSPS) is 21.4. The summed E-state index contributed by atoms with van der Waals surface area (Å²) in [6, 6.07) is 2.14. The van der Waals surface area contributed by atoms with E-state index in [1.807, 2.05) is 30.4 Å². The van der Waals surface area contributed by atoms with Crippen LogP contribution in [0.4, 0.5) is 0 Å². The van der Waals surface area contributed by atoms with Gasteiger partial charge in [-0.2, -0.15) is 5.10 Å². The molecule has 1 aliphatic heterocycles. The molecule has 0 aromatic carbocycles. The first-order valence-electron chi connectivity index (χ1n) is 6.65. The van der Waals surface area contributed by atoms with E-state index in [1.165, 1.54) is 17.9 Å². The van der Waals surface area contributed by atoms with Crippen LogP contribution in [0.1, 0.15) is 25.5 Å².